The van der Waals surface area contributed by atoms with Crippen LogP contribution >= 0.6 is 0 Å². The van der Waals surface area contributed by atoms with Gasteiger partial charge >= 0.3 is 5.97 Å². The van der Waals surface area contributed by atoms with E-state index in [-0.39, 0.29) is 11.1 Å². The molecule has 104 valence electrons. The van der Waals surface area contributed by atoms with Gasteiger partial charge in [0.05, 0.1) is 0 Å². The molecule has 2 aromatic rings. The van der Waals surface area contributed by atoms with E-state index in [0.717, 1.165) is 11.3 Å². The molecular formula is C15H17N3O2. The fraction of sp³-hybridized carbons (Fsp3) is 0.267. The second kappa shape index (κ2) is 5.28. The number of rotatable bonds is 3. The Balaban J connectivity index is 2.28. The molecule has 1 aromatic heterocycles. The summed E-state index contributed by atoms with van der Waals surface area (Å²) in [5.74, 6) is -0.564. The molecule has 0 aliphatic carbocycles. The normalized spacial score (nSPS) is 11.2. The Morgan fingerprint density at radius 3 is 2.35 bits per heavy atom. The van der Waals surface area contributed by atoms with Gasteiger partial charge in [-0.3, -0.25) is 0 Å². The molecular weight excluding hydrogens is 254 g/mol. The van der Waals surface area contributed by atoms with Gasteiger partial charge in [-0.1, -0.05) is 39.0 Å². The summed E-state index contributed by atoms with van der Waals surface area (Å²) in [6.07, 6.45) is 0. The molecule has 0 amide bonds. The molecule has 0 aliphatic heterocycles. The van der Waals surface area contributed by atoms with Gasteiger partial charge in [-0.2, -0.15) is 0 Å². The molecule has 1 heterocycles. The van der Waals surface area contributed by atoms with Crippen LogP contribution in [0, 0.1) is 0 Å². The summed E-state index contributed by atoms with van der Waals surface area (Å²) >= 11 is 0. The zero-order valence-corrected chi connectivity index (χ0v) is 11.7. The van der Waals surface area contributed by atoms with Gasteiger partial charge in [0.1, 0.15) is 0 Å². The average Bonchev–Trinajstić information content (AvgIpc) is 2.38. The Hall–Kier alpha value is -2.43. The highest BCUT2D eigenvalue weighted by atomic mass is 16.4. The predicted octanol–water partition coefficient (Wildman–Crippen LogP) is 3.22. The number of nitrogens with zero attached hydrogens (tertiary/aromatic N) is 2. The Morgan fingerprint density at radius 2 is 1.80 bits per heavy atom. The first-order valence-corrected chi connectivity index (χ1v) is 6.31. The molecule has 0 aliphatic rings. The SMILES string of the molecule is CC(C)(C)c1ccccc1Nc1ccc(C(=O)O)nn1. The van der Waals surface area contributed by atoms with Crippen LogP contribution in [-0.2, 0) is 5.41 Å². The van der Waals surface area contributed by atoms with Crippen LogP contribution in [-0.4, -0.2) is 21.3 Å². The fourth-order valence-electron chi connectivity index (χ4n) is 1.90. The van der Waals surface area contributed by atoms with Crippen LogP contribution in [0.5, 0.6) is 0 Å². The van der Waals surface area contributed by atoms with E-state index in [1.807, 2.05) is 18.2 Å². The zero-order valence-electron chi connectivity index (χ0n) is 11.7. The number of hydrogen-bond donors (Lipinski definition) is 2. The second-order valence-corrected chi connectivity index (χ2v) is 5.53. The van der Waals surface area contributed by atoms with Gasteiger partial charge in [0, 0.05) is 5.69 Å². The number of carboxylic acids is 1. The van der Waals surface area contributed by atoms with Crippen LogP contribution in [0.2, 0.25) is 0 Å². The quantitative estimate of drug-likeness (QED) is 0.896. The number of para-hydroxylation sites is 1. The van der Waals surface area contributed by atoms with Crippen molar-refractivity contribution in [1.29, 1.82) is 0 Å². The molecule has 0 radical (unpaired) electrons. The van der Waals surface area contributed by atoms with E-state index < -0.39 is 5.97 Å². The fourth-order valence-corrected chi connectivity index (χ4v) is 1.90. The molecule has 0 spiro atoms. The van der Waals surface area contributed by atoms with E-state index in [9.17, 15) is 4.79 Å². The van der Waals surface area contributed by atoms with Gasteiger partial charge in [0.2, 0.25) is 0 Å². The summed E-state index contributed by atoms with van der Waals surface area (Å²) in [7, 11) is 0. The Bertz CT molecular complexity index is 616. The minimum atomic E-state index is -1.08. The van der Waals surface area contributed by atoms with Gasteiger partial charge in [-0.05, 0) is 29.2 Å². The van der Waals surface area contributed by atoms with E-state index in [4.69, 9.17) is 5.11 Å². The molecule has 0 bridgehead atoms. The molecule has 1 aromatic carbocycles. The Kier molecular flexibility index (Phi) is 3.70. The Morgan fingerprint density at radius 1 is 1.10 bits per heavy atom. The molecule has 0 fully saturated rings. The van der Waals surface area contributed by atoms with Gasteiger partial charge in [0.25, 0.3) is 0 Å². The molecule has 2 rings (SSSR count). The van der Waals surface area contributed by atoms with Crippen molar-refractivity contribution in [3.05, 3.63) is 47.7 Å². The summed E-state index contributed by atoms with van der Waals surface area (Å²) in [6, 6.07) is 11.0. The lowest BCUT2D eigenvalue weighted by Gasteiger charge is -2.23. The van der Waals surface area contributed by atoms with Crippen molar-refractivity contribution >= 4 is 17.5 Å². The van der Waals surface area contributed by atoms with E-state index >= 15 is 0 Å². The van der Waals surface area contributed by atoms with E-state index in [0.29, 0.717) is 5.82 Å². The summed E-state index contributed by atoms with van der Waals surface area (Å²) in [5.41, 5.74) is 2.03. The number of carboxylic acid groups (broad SMARTS) is 1. The van der Waals surface area contributed by atoms with Gasteiger partial charge in [0.15, 0.2) is 11.5 Å². The summed E-state index contributed by atoms with van der Waals surface area (Å²) in [6.45, 7) is 6.39. The third kappa shape index (κ3) is 3.12. The number of nitrogens with one attached hydrogen (secondary N) is 1. The third-order valence-electron chi connectivity index (χ3n) is 2.88. The first-order valence-electron chi connectivity index (χ1n) is 6.31. The number of aromatic carboxylic acids is 1. The van der Waals surface area contributed by atoms with Crippen molar-refractivity contribution in [2.45, 2.75) is 26.2 Å². The smallest absolute Gasteiger partial charge is 0.356 e. The molecule has 0 unspecified atom stereocenters. The first-order chi connectivity index (χ1) is 9.38. The number of carbonyl (C=O) groups is 1. The van der Waals surface area contributed by atoms with Crippen molar-refractivity contribution in [1.82, 2.24) is 10.2 Å². The maximum atomic E-state index is 10.7. The van der Waals surface area contributed by atoms with Crippen LogP contribution < -0.4 is 5.32 Å². The number of anilines is 2. The topological polar surface area (TPSA) is 75.1 Å². The zero-order chi connectivity index (χ0) is 14.8. The van der Waals surface area contributed by atoms with Crippen molar-refractivity contribution < 1.29 is 9.90 Å². The molecule has 5 nitrogen and oxygen atoms in total. The molecule has 2 N–H and O–H groups in total. The largest absolute Gasteiger partial charge is 0.476 e. The van der Waals surface area contributed by atoms with Crippen molar-refractivity contribution in [3.8, 4) is 0 Å². The number of aromatic nitrogens is 2. The lowest BCUT2D eigenvalue weighted by molar-refractivity contribution is 0.0689. The van der Waals surface area contributed by atoms with Crippen LogP contribution in [0.4, 0.5) is 11.5 Å². The van der Waals surface area contributed by atoms with E-state index in [1.165, 1.54) is 6.07 Å². The maximum Gasteiger partial charge on any atom is 0.356 e. The highest BCUT2D eigenvalue weighted by Gasteiger charge is 2.17. The summed E-state index contributed by atoms with van der Waals surface area (Å²) in [4.78, 5) is 10.7. The van der Waals surface area contributed by atoms with Crippen LogP contribution in [0.25, 0.3) is 0 Å². The molecule has 0 saturated carbocycles. The van der Waals surface area contributed by atoms with Gasteiger partial charge < -0.3 is 10.4 Å². The molecule has 20 heavy (non-hydrogen) atoms. The minimum Gasteiger partial charge on any atom is -0.476 e. The van der Waals surface area contributed by atoms with Crippen molar-refractivity contribution in [2.75, 3.05) is 5.32 Å². The third-order valence-corrected chi connectivity index (χ3v) is 2.88. The van der Waals surface area contributed by atoms with Gasteiger partial charge in [-0.15, -0.1) is 10.2 Å². The predicted molar refractivity (Wildman–Crippen MR) is 77.4 cm³/mol. The molecule has 0 atom stereocenters. The van der Waals surface area contributed by atoms with E-state index in [1.54, 1.807) is 6.07 Å². The second-order valence-electron chi connectivity index (χ2n) is 5.53. The highest BCUT2D eigenvalue weighted by molar-refractivity contribution is 5.85. The van der Waals surface area contributed by atoms with Crippen molar-refractivity contribution in [2.24, 2.45) is 0 Å². The molecule has 5 heteroatoms. The van der Waals surface area contributed by atoms with Crippen molar-refractivity contribution in [3.63, 3.8) is 0 Å². The minimum absolute atomic E-state index is 0.00196. The maximum absolute atomic E-state index is 10.7. The molecule has 0 saturated heterocycles. The van der Waals surface area contributed by atoms with E-state index in [2.05, 4.69) is 42.4 Å². The highest BCUT2D eigenvalue weighted by Crippen LogP contribution is 2.30. The lowest BCUT2D eigenvalue weighted by Crippen LogP contribution is -2.14. The standard InChI is InChI=1S/C15H17N3O2/c1-15(2,3)10-6-4-5-7-11(10)16-13-9-8-12(14(19)20)17-18-13/h4-9H,1-3H3,(H,16,18)(H,19,20). The number of hydrogen-bond acceptors (Lipinski definition) is 4. The average molecular weight is 271 g/mol. The monoisotopic (exact) mass is 271 g/mol. The number of benzene rings is 1. The van der Waals surface area contributed by atoms with Gasteiger partial charge in [-0.25, -0.2) is 4.79 Å². The summed E-state index contributed by atoms with van der Waals surface area (Å²) in [5, 5.41) is 19.5. The Labute approximate surface area is 117 Å². The first kappa shape index (κ1) is 14.0. The lowest BCUT2D eigenvalue weighted by atomic mass is 9.86. The van der Waals surface area contributed by atoms with Crippen LogP contribution in [0.1, 0.15) is 36.8 Å². The van der Waals surface area contributed by atoms with Crippen LogP contribution in [0.3, 0.4) is 0 Å². The summed E-state index contributed by atoms with van der Waals surface area (Å²) < 4.78 is 0. The van der Waals surface area contributed by atoms with Crippen LogP contribution in [0.15, 0.2) is 36.4 Å².